The van der Waals surface area contributed by atoms with Gasteiger partial charge in [-0.25, -0.2) is 9.88 Å². The number of aromatic nitrogens is 1. The Morgan fingerprint density at radius 3 is 2.50 bits per heavy atom. The van der Waals surface area contributed by atoms with Crippen molar-refractivity contribution in [2.45, 2.75) is 32.2 Å². The Bertz CT molecular complexity index is 489. The van der Waals surface area contributed by atoms with Crippen LogP contribution in [0.5, 0.6) is 0 Å². The van der Waals surface area contributed by atoms with E-state index in [4.69, 9.17) is 5.73 Å². The zero-order valence-corrected chi connectivity index (χ0v) is 10.9. The fourth-order valence-electron chi connectivity index (χ4n) is 2.77. The van der Waals surface area contributed by atoms with Crippen LogP contribution >= 0.6 is 11.3 Å². The van der Waals surface area contributed by atoms with E-state index >= 15 is 0 Å². The molecule has 2 aliphatic rings. The lowest BCUT2D eigenvalue weighted by Gasteiger charge is -2.11. The maximum absolute atomic E-state index is 12.2. The van der Waals surface area contributed by atoms with E-state index < -0.39 is 0 Å². The molecule has 3 atom stereocenters. The fraction of sp³-hybridized carbons (Fsp3) is 0.583. The number of nitrogens with two attached hydrogens (primary N) is 1. The highest BCUT2D eigenvalue weighted by Gasteiger charge is 2.51. The number of anilines is 1. The molecule has 0 radical (unpaired) electrons. The van der Waals surface area contributed by atoms with Gasteiger partial charge in [-0.05, 0) is 19.8 Å². The van der Waals surface area contributed by atoms with Gasteiger partial charge in [0.25, 0.3) is 0 Å². The maximum Gasteiger partial charge on any atom is 0.239 e. The van der Waals surface area contributed by atoms with Gasteiger partial charge in [-0.3, -0.25) is 9.59 Å². The van der Waals surface area contributed by atoms with Crippen molar-refractivity contribution in [3.63, 3.8) is 0 Å². The van der Waals surface area contributed by atoms with Gasteiger partial charge in [0.2, 0.25) is 11.8 Å². The molecule has 0 aromatic carbocycles. The first kappa shape index (κ1) is 11.8. The number of fused-ring (bicyclic) bond motifs is 1. The topological polar surface area (TPSA) is 76.3 Å². The van der Waals surface area contributed by atoms with E-state index in [9.17, 15) is 9.59 Å². The lowest BCUT2D eigenvalue weighted by molar-refractivity contribution is -0.122. The first-order chi connectivity index (χ1) is 8.59. The Morgan fingerprint density at radius 1 is 1.39 bits per heavy atom. The van der Waals surface area contributed by atoms with Crippen LogP contribution in [0.1, 0.15) is 37.9 Å². The van der Waals surface area contributed by atoms with E-state index in [0.717, 1.165) is 25.0 Å². The summed E-state index contributed by atoms with van der Waals surface area (Å²) in [7, 11) is 0. The standard InChI is InChI=1S/C12H15N3O2S/c1-6(13)9-5-18-12(14-9)15-10(16)7-3-2-4-8(7)11(15)17/h5-8H,2-4,13H2,1H3. The second kappa shape index (κ2) is 4.13. The van der Waals surface area contributed by atoms with Crippen LogP contribution in [-0.2, 0) is 9.59 Å². The summed E-state index contributed by atoms with van der Waals surface area (Å²) in [5.41, 5.74) is 6.47. The van der Waals surface area contributed by atoms with Gasteiger partial charge < -0.3 is 5.73 Å². The minimum atomic E-state index is -0.178. The zero-order chi connectivity index (χ0) is 12.9. The number of rotatable bonds is 2. The number of carbonyl (C=O) groups is 2. The highest BCUT2D eigenvalue weighted by Crippen LogP contribution is 2.42. The number of imide groups is 1. The maximum atomic E-state index is 12.2. The summed E-state index contributed by atoms with van der Waals surface area (Å²) >= 11 is 1.31. The molecular formula is C12H15N3O2S. The van der Waals surface area contributed by atoms with Gasteiger partial charge in [0.05, 0.1) is 17.5 Å². The molecule has 1 aliphatic heterocycles. The summed E-state index contributed by atoms with van der Waals surface area (Å²) in [5.74, 6) is -0.374. The van der Waals surface area contributed by atoms with Crippen LogP contribution in [0, 0.1) is 11.8 Å². The summed E-state index contributed by atoms with van der Waals surface area (Å²) in [6.07, 6.45) is 2.64. The van der Waals surface area contributed by atoms with Crippen LogP contribution in [0.3, 0.4) is 0 Å². The number of nitrogens with zero attached hydrogens (tertiary/aromatic N) is 2. The van der Waals surface area contributed by atoms with E-state index in [2.05, 4.69) is 4.98 Å². The van der Waals surface area contributed by atoms with Crippen molar-refractivity contribution < 1.29 is 9.59 Å². The largest absolute Gasteiger partial charge is 0.323 e. The quantitative estimate of drug-likeness (QED) is 0.821. The second-order valence-corrected chi connectivity index (χ2v) is 5.84. The summed E-state index contributed by atoms with van der Waals surface area (Å²) in [4.78, 5) is 30.0. The van der Waals surface area contributed by atoms with Gasteiger partial charge in [0.1, 0.15) is 0 Å². The average Bonchev–Trinajstić information content (AvgIpc) is 3.00. The summed E-state index contributed by atoms with van der Waals surface area (Å²) in [6, 6.07) is -0.178. The molecule has 1 saturated heterocycles. The Kier molecular flexibility index (Phi) is 2.71. The van der Waals surface area contributed by atoms with Crippen LogP contribution < -0.4 is 10.6 Å². The molecule has 0 spiro atoms. The molecule has 3 rings (SSSR count). The molecule has 18 heavy (non-hydrogen) atoms. The molecule has 6 heteroatoms. The Labute approximate surface area is 109 Å². The molecule has 1 aromatic rings. The zero-order valence-electron chi connectivity index (χ0n) is 10.1. The van der Waals surface area contributed by atoms with Crippen LogP contribution in [0.15, 0.2) is 5.38 Å². The summed E-state index contributed by atoms with van der Waals surface area (Å²) in [6.45, 7) is 1.83. The number of thiazole rings is 1. The highest BCUT2D eigenvalue weighted by atomic mass is 32.1. The third kappa shape index (κ3) is 1.59. The van der Waals surface area contributed by atoms with Crippen LogP contribution in [0.4, 0.5) is 5.13 Å². The molecule has 1 aliphatic carbocycles. The molecule has 0 bridgehead atoms. The molecule has 3 unspecified atom stereocenters. The Balaban J connectivity index is 1.92. The van der Waals surface area contributed by atoms with E-state index in [1.165, 1.54) is 16.2 Å². The number of amides is 2. The van der Waals surface area contributed by atoms with E-state index in [1.54, 1.807) is 0 Å². The second-order valence-electron chi connectivity index (χ2n) is 5.00. The number of hydrogen-bond acceptors (Lipinski definition) is 5. The van der Waals surface area contributed by atoms with Gasteiger partial charge in [-0.15, -0.1) is 11.3 Å². The first-order valence-corrected chi connectivity index (χ1v) is 7.06. The van der Waals surface area contributed by atoms with Crippen molar-refractivity contribution in [3.05, 3.63) is 11.1 Å². The van der Waals surface area contributed by atoms with Crippen LogP contribution in [0.25, 0.3) is 0 Å². The van der Waals surface area contributed by atoms with Gasteiger partial charge in [-0.2, -0.15) is 0 Å². The van der Waals surface area contributed by atoms with Gasteiger partial charge in [0, 0.05) is 11.4 Å². The molecule has 2 heterocycles. The lowest BCUT2D eigenvalue weighted by Crippen LogP contribution is -2.31. The molecule has 1 aromatic heterocycles. The van der Waals surface area contributed by atoms with E-state index in [0.29, 0.717) is 5.13 Å². The molecule has 2 amide bonds. The van der Waals surface area contributed by atoms with Crippen molar-refractivity contribution in [1.82, 2.24) is 4.98 Å². The fourth-order valence-corrected chi connectivity index (χ4v) is 3.71. The number of hydrogen-bond donors (Lipinski definition) is 1. The van der Waals surface area contributed by atoms with Crippen LogP contribution in [0.2, 0.25) is 0 Å². The third-order valence-corrected chi connectivity index (χ3v) is 4.60. The molecule has 2 fully saturated rings. The molecular weight excluding hydrogens is 250 g/mol. The molecule has 2 N–H and O–H groups in total. The normalized spacial score (nSPS) is 28.9. The average molecular weight is 265 g/mol. The van der Waals surface area contributed by atoms with Crippen molar-refractivity contribution in [1.29, 1.82) is 0 Å². The van der Waals surface area contributed by atoms with E-state index in [1.807, 2.05) is 12.3 Å². The van der Waals surface area contributed by atoms with Crippen molar-refractivity contribution in [2.24, 2.45) is 17.6 Å². The monoisotopic (exact) mass is 265 g/mol. The smallest absolute Gasteiger partial charge is 0.239 e. The van der Waals surface area contributed by atoms with Crippen LogP contribution in [-0.4, -0.2) is 16.8 Å². The predicted octanol–water partition coefficient (Wildman–Crippen LogP) is 1.45. The third-order valence-electron chi connectivity index (χ3n) is 3.76. The van der Waals surface area contributed by atoms with Crippen molar-refractivity contribution in [2.75, 3.05) is 4.90 Å². The minimum absolute atomic E-state index is 0.0759. The predicted molar refractivity (Wildman–Crippen MR) is 68.0 cm³/mol. The van der Waals surface area contributed by atoms with Gasteiger partial charge >= 0.3 is 0 Å². The van der Waals surface area contributed by atoms with Gasteiger partial charge in [-0.1, -0.05) is 6.42 Å². The van der Waals surface area contributed by atoms with Crippen molar-refractivity contribution >= 4 is 28.3 Å². The minimum Gasteiger partial charge on any atom is -0.323 e. The molecule has 5 nitrogen and oxygen atoms in total. The number of carbonyl (C=O) groups excluding carboxylic acids is 2. The van der Waals surface area contributed by atoms with Crippen molar-refractivity contribution in [3.8, 4) is 0 Å². The lowest BCUT2D eigenvalue weighted by atomic mass is 10.00. The SMILES string of the molecule is CC(N)c1csc(N2C(=O)C3CCCC3C2=O)n1. The Hall–Kier alpha value is -1.27. The summed E-state index contributed by atoms with van der Waals surface area (Å²) in [5, 5.41) is 2.29. The van der Waals surface area contributed by atoms with E-state index in [-0.39, 0.29) is 29.7 Å². The van der Waals surface area contributed by atoms with Gasteiger partial charge in [0.15, 0.2) is 5.13 Å². The molecule has 96 valence electrons. The highest BCUT2D eigenvalue weighted by molar-refractivity contribution is 7.14. The Morgan fingerprint density at radius 2 is 2.00 bits per heavy atom. The molecule has 1 saturated carbocycles. The summed E-state index contributed by atoms with van der Waals surface area (Å²) < 4.78 is 0. The first-order valence-electron chi connectivity index (χ1n) is 6.18.